The number of rotatable bonds is 7. The van der Waals surface area contributed by atoms with Gasteiger partial charge in [-0.1, -0.05) is 19.3 Å². The van der Waals surface area contributed by atoms with Gasteiger partial charge in [0.2, 0.25) is 0 Å². The molecule has 0 aliphatic heterocycles. The summed E-state index contributed by atoms with van der Waals surface area (Å²) < 4.78 is 27.2. The summed E-state index contributed by atoms with van der Waals surface area (Å²) in [5, 5.41) is 2.91. The van der Waals surface area contributed by atoms with Gasteiger partial charge in [-0.15, -0.1) is 0 Å². The highest BCUT2D eigenvalue weighted by Crippen LogP contribution is 2.42. The van der Waals surface area contributed by atoms with E-state index in [1.165, 1.54) is 37.7 Å². The lowest BCUT2D eigenvalue weighted by Gasteiger charge is -2.26. The number of hydrogen-bond donors (Lipinski definition) is 1. The zero-order valence-electron chi connectivity index (χ0n) is 19.7. The molecule has 0 atom stereocenters. The van der Waals surface area contributed by atoms with E-state index in [0.717, 1.165) is 35.4 Å². The standard InChI is InChI=1S/C28H28FN3O3/c1-2-34-24-15-14-21(31-28(33)25-9-6-16-35-25)17-23(24)27-26(19-10-12-20(29)13-11-19)30-18-32(27)22-7-4-3-5-8-22/h6,9-18,22H,2-5,7-8H2,1H3,(H,31,33). The molecule has 1 saturated carbocycles. The molecule has 7 heteroatoms. The average molecular weight is 474 g/mol. The zero-order chi connectivity index (χ0) is 24.2. The Hall–Kier alpha value is -3.87. The summed E-state index contributed by atoms with van der Waals surface area (Å²) in [4.78, 5) is 17.4. The van der Waals surface area contributed by atoms with E-state index in [0.29, 0.717) is 24.1 Å². The molecule has 0 radical (unpaired) electrons. The monoisotopic (exact) mass is 473 g/mol. The predicted molar refractivity (Wildman–Crippen MR) is 133 cm³/mol. The number of anilines is 1. The van der Waals surface area contributed by atoms with Gasteiger partial charge in [0.05, 0.1) is 30.6 Å². The van der Waals surface area contributed by atoms with E-state index >= 15 is 0 Å². The molecular weight excluding hydrogens is 445 g/mol. The van der Waals surface area contributed by atoms with Crippen LogP contribution in [0.5, 0.6) is 5.75 Å². The maximum Gasteiger partial charge on any atom is 0.291 e. The van der Waals surface area contributed by atoms with Crippen LogP contribution in [0.3, 0.4) is 0 Å². The van der Waals surface area contributed by atoms with Crippen LogP contribution in [0.1, 0.15) is 55.6 Å². The van der Waals surface area contributed by atoms with Crippen LogP contribution < -0.4 is 10.1 Å². The maximum absolute atomic E-state index is 13.7. The number of halogens is 1. The topological polar surface area (TPSA) is 69.3 Å². The molecule has 0 bridgehead atoms. The van der Waals surface area contributed by atoms with Gasteiger partial charge in [-0.3, -0.25) is 4.79 Å². The number of aromatic nitrogens is 2. The molecule has 2 heterocycles. The van der Waals surface area contributed by atoms with E-state index in [4.69, 9.17) is 14.1 Å². The molecule has 180 valence electrons. The number of furan rings is 1. The minimum absolute atomic E-state index is 0.236. The molecule has 0 unspecified atom stereocenters. The Kier molecular flexibility index (Phi) is 6.66. The normalized spacial score (nSPS) is 14.1. The minimum Gasteiger partial charge on any atom is -0.493 e. The van der Waals surface area contributed by atoms with Gasteiger partial charge in [-0.05, 0) is 74.4 Å². The summed E-state index contributed by atoms with van der Waals surface area (Å²) in [6.07, 6.45) is 9.08. The Morgan fingerprint density at radius 1 is 1.14 bits per heavy atom. The van der Waals surface area contributed by atoms with E-state index in [2.05, 4.69) is 9.88 Å². The van der Waals surface area contributed by atoms with Gasteiger partial charge in [0.1, 0.15) is 11.6 Å². The van der Waals surface area contributed by atoms with Crippen molar-refractivity contribution in [3.05, 3.63) is 78.8 Å². The first-order valence-electron chi connectivity index (χ1n) is 12.1. The second-order valence-corrected chi connectivity index (χ2v) is 8.72. The molecule has 1 fully saturated rings. The molecule has 1 amide bonds. The summed E-state index contributed by atoms with van der Waals surface area (Å²) in [6.45, 7) is 2.43. The predicted octanol–water partition coefficient (Wildman–Crippen LogP) is 7.11. The highest BCUT2D eigenvalue weighted by molar-refractivity contribution is 6.02. The molecule has 4 aromatic rings. The minimum atomic E-state index is -0.329. The Bertz CT molecular complexity index is 1290. The quantitative estimate of drug-likeness (QED) is 0.311. The van der Waals surface area contributed by atoms with Gasteiger partial charge < -0.3 is 19.0 Å². The SMILES string of the molecule is CCOc1ccc(NC(=O)c2ccco2)cc1-c1c(-c2ccc(F)cc2)ncn1C1CCCCC1. The lowest BCUT2D eigenvalue weighted by atomic mass is 9.94. The third kappa shape index (κ3) is 4.85. The molecule has 0 spiro atoms. The lowest BCUT2D eigenvalue weighted by Crippen LogP contribution is -2.14. The van der Waals surface area contributed by atoms with Crippen molar-refractivity contribution in [2.45, 2.75) is 45.1 Å². The van der Waals surface area contributed by atoms with Crippen molar-refractivity contribution in [1.82, 2.24) is 9.55 Å². The molecule has 1 aliphatic rings. The van der Waals surface area contributed by atoms with Crippen molar-refractivity contribution in [3.63, 3.8) is 0 Å². The second-order valence-electron chi connectivity index (χ2n) is 8.72. The molecule has 5 rings (SSSR count). The van der Waals surface area contributed by atoms with Gasteiger partial charge in [0.15, 0.2) is 5.76 Å². The van der Waals surface area contributed by atoms with Crippen molar-refractivity contribution >= 4 is 11.6 Å². The van der Waals surface area contributed by atoms with Crippen LogP contribution in [0, 0.1) is 5.82 Å². The summed E-state index contributed by atoms with van der Waals surface area (Å²) in [7, 11) is 0. The fourth-order valence-corrected chi connectivity index (χ4v) is 4.76. The molecule has 2 aromatic carbocycles. The van der Waals surface area contributed by atoms with E-state index in [1.54, 1.807) is 24.3 Å². The lowest BCUT2D eigenvalue weighted by molar-refractivity contribution is 0.0996. The van der Waals surface area contributed by atoms with Crippen molar-refractivity contribution in [2.75, 3.05) is 11.9 Å². The highest BCUT2D eigenvalue weighted by Gasteiger charge is 2.25. The number of ether oxygens (including phenoxy) is 1. The second kappa shape index (κ2) is 10.2. The van der Waals surface area contributed by atoms with Crippen molar-refractivity contribution in [1.29, 1.82) is 0 Å². The van der Waals surface area contributed by atoms with Crippen LogP contribution in [-0.2, 0) is 0 Å². The maximum atomic E-state index is 13.7. The molecule has 35 heavy (non-hydrogen) atoms. The van der Waals surface area contributed by atoms with Gasteiger partial charge in [-0.2, -0.15) is 0 Å². The fraction of sp³-hybridized carbons (Fsp3) is 0.286. The Morgan fingerprint density at radius 2 is 1.94 bits per heavy atom. The summed E-state index contributed by atoms with van der Waals surface area (Å²) >= 11 is 0. The molecule has 1 N–H and O–H groups in total. The summed E-state index contributed by atoms with van der Waals surface area (Å²) in [6, 6.07) is 15.6. The number of carbonyl (C=O) groups is 1. The van der Waals surface area contributed by atoms with Crippen LogP contribution in [-0.4, -0.2) is 22.1 Å². The number of nitrogens with one attached hydrogen (secondary N) is 1. The Labute approximate surface area is 203 Å². The van der Waals surface area contributed by atoms with Gasteiger partial charge >= 0.3 is 0 Å². The zero-order valence-corrected chi connectivity index (χ0v) is 19.7. The summed E-state index contributed by atoms with van der Waals surface area (Å²) in [5.41, 5.74) is 3.92. The van der Waals surface area contributed by atoms with Gasteiger partial charge in [0.25, 0.3) is 5.91 Å². The fourth-order valence-electron chi connectivity index (χ4n) is 4.76. The van der Waals surface area contributed by atoms with Crippen LogP contribution in [0.25, 0.3) is 22.5 Å². The molecule has 1 aliphatic carbocycles. The van der Waals surface area contributed by atoms with E-state index in [-0.39, 0.29) is 17.5 Å². The van der Waals surface area contributed by atoms with Gasteiger partial charge in [-0.25, -0.2) is 9.37 Å². The number of amides is 1. The largest absolute Gasteiger partial charge is 0.493 e. The average Bonchev–Trinajstić information content (AvgIpc) is 3.57. The van der Waals surface area contributed by atoms with Crippen molar-refractivity contribution in [3.8, 4) is 28.3 Å². The van der Waals surface area contributed by atoms with Crippen molar-refractivity contribution in [2.24, 2.45) is 0 Å². The number of imidazole rings is 1. The van der Waals surface area contributed by atoms with E-state index < -0.39 is 0 Å². The first-order valence-corrected chi connectivity index (χ1v) is 12.1. The molecule has 2 aromatic heterocycles. The van der Waals surface area contributed by atoms with E-state index in [1.807, 2.05) is 31.5 Å². The Morgan fingerprint density at radius 3 is 2.66 bits per heavy atom. The number of benzene rings is 2. The first kappa shape index (κ1) is 22.9. The first-order chi connectivity index (χ1) is 17.1. The smallest absolute Gasteiger partial charge is 0.291 e. The molecular formula is C28H28FN3O3. The van der Waals surface area contributed by atoms with Crippen LogP contribution in [0.15, 0.2) is 71.6 Å². The van der Waals surface area contributed by atoms with E-state index in [9.17, 15) is 9.18 Å². The molecule has 6 nitrogen and oxygen atoms in total. The number of carbonyl (C=O) groups excluding carboxylic acids is 1. The number of nitrogens with zero attached hydrogens (tertiary/aromatic N) is 2. The van der Waals surface area contributed by atoms with Crippen molar-refractivity contribution < 1.29 is 18.3 Å². The third-order valence-corrected chi connectivity index (χ3v) is 6.42. The molecule has 0 saturated heterocycles. The Balaban J connectivity index is 1.63. The highest BCUT2D eigenvalue weighted by atomic mass is 19.1. The summed E-state index contributed by atoms with van der Waals surface area (Å²) in [5.74, 6) is 0.313. The third-order valence-electron chi connectivity index (χ3n) is 6.42. The van der Waals surface area contributed by atoms with Crippen LogP contribution in [0.2, 0.25) is 0 Å². The van der Waals surface area contributed by atoms with Gasteiger partial charge in [0, 0.05) is 22.9 Å². The van der Waals surface area contributed by atoms with Crippen LogP contribution >= 0.6 is 0 Å². The van der Waals surface area contributed by atoms with Crippen LogP contribution in [0.4, 0.5) is 10.1 Å². The number of hydrogen-bond acceptors (Lipinski definition) is 4.